The third kappa shape index (κ3) is 4.56. The van der Waals surface area contributed by atoms with Crippen LogP contribution in [0.5, 0.6) is 0 Å². The summed E-state index contributed by atoms with van der Waals surface area (Å²) in [4.78, 5) is 12.2. The molecule has 0 aliphatic rings. The summed E-state index contributed by atoms with van der Waals surface area (Å²) in [5, 5.41) is 6.73. The van der Waals surface area contributed by atoms with Crippen LogP contribution in [0.15, 0.2) is 46.9 Å². The number of rotatable bonds is 5. The molecule has 110 valence electrons. The molecular weight excluding hydrogens is 352 g/mol. The van der Waals surface area contributed by atoms with E-state index in [4.69, 9.17) is 11.6 Å². The number of nitrogens with one attached hydrogen (secondary N) is 2. The van der Waals surface area contributed by atoms with Crippen LogP contribution in [0, 0.1) is 0 Å². The van der Waals surface area contributed by atoms with Crippen LogP contribution in [0.2, 0.25) is 5.02 Å². The lowest BCUT2D eigenvalue weighted by molar-refractivity contribution is 0.102. The van der Waals surface area contributed by atoms with Crippen molar-refractivity contribution in [2.24, 2.45) is 0 Å². The van der Waals surface area contributed by atoms with Gasteiger partial charge in [0.15, 0.2) is 0 Å². The quantitative estimate of drug-likeness (QED) is 0.819. The van der Waals surface area contributed by atoms with E-state index in [9.17, 15) is 4.79 Å². The summed E-state index contributed by atoms with van der Waals surface area (Å²) in [6.45, 7) is 3.76. The molecule has 0 aliphatic carbocycles. The second-order valence-corrected chi connectivity index (χ2v) is 5.83. The van der Waals surface area contributed by atoms with Gasteiger partial charge in [-0.05, 0) is 58.4 Å². The Kier molecular flexibility index (Phi) is 5.79. The maximum Gasteiger partial charge on any atom is 0.255 e. The molecule has 0 aromatic heterocycles. The molecular formula is C16H16BrClN2O. The Morgan fingerprint density at radius 1 is 1.24 bits per heavy atom. The highest BCUT2D eigenvalue weighted by Crippen LogP contribution is 2.23. The third-order valence-electron chi connectivity index (χ3n) is 2.95. The number of hydrogen-bond acceptors (Lipinski definition) is 2. The van der Waals surface area contributed by atoms with Gasteiger partial charge >= 0.3 is 0 Å². The molecule has 0 fully saturated rings. The van der Waals surface area contributed by atoms with Crippen LogP contribution >= 0.6 is 27.5 Å². The molecule has 2 aromatic carbocycles. The van der Waals surface area contributed by atoms with Crippen LogP contribution in [0.25, 0.3) is 0 Å². The first-order valence-electron chi connectivity index (χ1n) is 6.66. The first kappa shape index (κ1) is 16.0. The fraction of sp³-hybridized carbons (Fsp3) is 0.188. The van der Waals surface area contributed by atoms with E-state index in [1.165, 1.54) is 0 Å². The predicted molar refractivity (Wildman–Crippen MR) is 90.9 cm³/mol. The number of anilines is 1. The Bertz CT molecular complexity index is 646. The number of halogens is 2. The number of carbonyl (C=O) groups excluding carboxylic acids is 1. The van der Waals surface area contributed by atoms with Crippen LogP contribution in [-0.4, -0.2) is 12.5 Å². The van der Waals surface area contributed by atoms with E-state index in [0.29, 0.717) is 15.1 Å². The van der Waals surface area contributed by atoms with Crippen molar-refractivity contribution in [1.29, 1.82) is 0 Å². The number of carbonyl (C=O) groups is 1. The highest BCUT2D eigenvalue weighted by Gasteiger charge is 2.08. The summed E-state index contributed by atoms with van der Waals surface area (Å²) in [5.74, 6) is -0.159. The van der Waals surface area contributed by atoms with E-state index in [1.54, 1.807) is 18.2 Å². The number of benzene rings is 2. The van der Waals surface area contributed by atoms with Crippen LogP contribution in [-0.2, 0) is 6.54 Å². The molecule has 5 heteroatoms. The van der Waals surface area contributed by atoms with Crippen molar-refractivity contribution in [1.82, 2.24) is 5.32 Å². The van der Waals surface area contributed by atoms with Gasteiger partial charge in [0.25, 0.3) is 5.91 Å². The third-order valence-corrected chi connectivity index (χ3v) is 4.16. The zero-order chi connectivity index (χ0) is 15.2. The van der Waals surface area contributed by atoms with Crippen molar-refractivity contribution in [3.8, 4) is 0 Å². The normalized spacial score (nSPS) is 10.4. The molecule has 0 radical (unpaired) electrons. The van der Waals surface area contributed by atoms with Crippen molar-refractivity contribution < 1.29 is 4.79 Å². The van der Waals surface area contributed by atoms with Gasteiger partial charge in [-0.3, -0.25) is 4.79 Å². The van der Waals surface area contributed by atoms with Gasteiger partial charge in [-0.1, -0.05) is 30.7 Å². The lowest BCUT2D eigenvalue weighted by Crippen LogP contribution is -2.14. The fourth-order valence-corrected chi connectivity index (χ4v) is 2.37. The standard InChI is InChI=1S/C16H16BrClN2O/c1-2-19-10-11-4-3-5-13(8-11)20-16(21)12-6-7-15(18)14(17)9-12/h3-9,19H,2,10H2,1H3,(H,20,21). The van der Waals surface area contributed by atoms with Gasteiger partial charge < -0.3 is 10.6 Å². The lowest BCUT2D eigenvalue weighted by Gasteiger charge is -2.08. The fourth-order valence-electron chi connectivity index (χ4n) is 1.87. The minimum Gasteiger partial charge on any atom is -0.322 e. The van der Waals surface area contributed by atoms with E-state index in [-0.39, 0.29) is 5.91 Å². The number of hydrogen-bond donors (Lipinski definition) is 2. The Labute approximate surface area is 137 Å². The van der Waals surface area contributed by atoms with Crippen molar-refractivity contribution in [2.75, 3.05) is 11.9 Å². The lowest BCUT2D eigenvalue weighted by atomic mass is 10.1. The molecule has 2 N–H and O–H groups in total. The van der Waals surface area contributed by atoms with Gasteiger partial charge in [-0.2, -0.15) is 0 Å². The van der Waals surface area contributed by atoms with Crippen molar-refractivity contribution in [3.05, 3.63) is 63.1 Å². The first-order chi connectivity index (χ1) is 10.1. The summed E-state index contributed by atoms with van der Waals surface area (Å²) in [7, 11) is 0. The molecule has 1 amide bonds. The smallest absolute Gasteiger partial charge is 0.255 e. The average Bonchev–Trinajstić information content (AvgIpc) is 2.48. The highest BCUT2D eigenvalue weighted by molar-refractivity contribution is 9.10. The first-order valence-corrected chi connectivity index (χ1v) is 7.83. The SMILES string of the molecule is CCNCc1cccc(NC(=O)c2ccc(Cl)c(Br)c2)c1. The largest absolute Gasteiger partial charge is 0.322 e. The Morgan fingerprint density at radius 3 is 2.76 bits per heavy atom. The van der Waals surface area contributed by atoms with Gasteiger partial charge in [0.2, 0.25) is 0 Å². The zero-order valence-corrected chi connectivity index (χ0v) is 14.0. The molecule has 0 bridgehead atoms. The van der Waals surface area contributed by atoms with Crippen LogP contribution in [0.4, 0.5) is 5.69 Å². The van der Waals surface area contributed by atoms with Crippen molar-refractivity contribution in [3.63, 3.8) is 0 Å². The maximum absolute atomic E-state index is 12.2. The summed E-state index contributed by atoms with van der Waals surface area (Å²) in [6, 6.07) is 12.9. The Balaban J connectivity index is 2.10. The van der Waals surface area contributed by atoms with Crippen LogP contribution in [0.3, 0.4) is 0 Å². The molecule has 0 spiro atoms. The molecule has 0 saturated heterocycles. The van der Waals surface area contributed by atoms with Gasteiger partial charge in [-0.25, -0.2) is 0 Å². The van der Waals surface area contributed by atoms with E-state index >= 15 is 0 Å². The highest BCUT2D eigenvalue weighted by atomic mass is 79.9. The minimum atomic E-state index is -0.159. The molecule has 0 heterocycles. The van der Waals surface area contributed by atoms with E-state index < -0.39 is 0 Å². The summed E-state index contributed by atoms with van der Waals surface area (Å²) < 4.78 is 0.706. The average molecular weight is 368 g/mol. The zero-order valence-electron chi connectivity index (χ0n) is 11.6. The molecule has 0 atom stereocenters. The van der Waals surface area contributed by atoms with Gasteiger partial charge in [0.05, 0.1) is 5.02 Å². The number of amides is 1. The van der Waals surface area contributed by atoms with E-state index in [0.717, 1.165) is 24.3 Å². The van der Waals surface area contributed by atoms with Crippen molar-refractivity contribution in [2.45, 2.75) is 13.5 Å². The second kappa shape index (κ2) is 7.59. The Morgan fingerprint density at radius 2 is 2.05 bits per heavy atom. The van der Waals surface area contributed by atoms with Gasteiger partial charge in [0.1, 0.15) is 0 Å². The second-order valence-electron chi connectivity index (χ2n) is 4.56. The summed E-state index contributed by atoms with van der Waals surface area (Å²) in [5.41, 5.74) is 2.47. The minimum absolute atomic E-state index is 0.159. The molecule has 0 aliphatic heterocycles. The Hall–Kier alpha value is -1.36. The van der Waals surface area contributed by atoms with Gasteiger partial charge in [0, 0.05) is 22.3 Å². The molecule has 0 unspecified atom stereocenters. The van der Waals surface area contributed by atoms with Crippen LogP contribution < -0.4 is 10.6 Å². The molecule has 0 saturated carbocycles. The van der Waals surface area contributed by atoms with Gasteiger partial charge in [-0.15, -0.1) is 0 Å². The maximum atomic E-state index is 12.2. The summed E-state index contributed by atoms with van der Waals surface area (Å²) >= 11 is 9.25. The monoisotopic (exact) mass is 366 g/mol. The topological polar surface area (TPSA) is 41.1 Å². The van der Waals surface area contributed by atoms with E-state index in [1.807, 2.05) is 24.3 Å². The van der Waals surface area contributed by atoms with Crippen LogP contribution in [0.1, 0.15) is 22.8 Å². The molecule has 21 heavy (non-hydrogen) atoms. The molecule has 2 rings (SSSR count). The van der Waals surface area contributed by atoms with E-state index in [2.05, 4.69) is 33.5 Å². The molecule has 3 nitrogen and oxygen atoms in total. The predicted octanol–water partition coefficient (Wildman–Crippen LogP) is 4.46. The summed E-state index contributed by atoms with van der Waals surface area (Å²) in [6.07, 6.45) is 0. The van der Waals surface area contributed by atoms with Crippen molar-refractivity contribution >= 4 is 39.1 Å². The molecule has 2 aromatic rings.